The third kappa shape index (κ3) is 2.17. The summed E-state index contributed by atoms with van der Waals surface area (Å²) in [5, 5.41) is 0. The van der Waals surface area contributed by atoms with Gasteiger partial charge in [0.05, 0.1) is 0 Å². The van der Waals surface area contributed by atoms with E-state index in [2.05, 4.69) is 9.97 Å². The van der Waals surface area contributed by atoms with Gasteiger partial charge in [-0.05, 0) is 6.54 Å². The molecular weight excluding hydrogens is 152 g/mol. The normalized spacial score (nSPS) is 9.92. The Balaban J connectivity index is 2.81. The van der Waals surface area contributed by atoms with Gasteiger partial charge in [0.2, 0.25) is 0 Å². The average Bonchev–Trinajstić information content (AvgIpc) is 2.05. The zero-order chi connectivity index (χ0) is 8.97. The highest BCUT2D eigenvalue weighted by atomic mass is 15.1. The summed E-state index contributed by atoms with van der Waals surface area (Å²) < 4.78 is 0. The van der Waals surface area contributed by atoms with Crippen molar-refractivity contribution in [2.24, 2.45) is 5.73 Å². The third-order valence-corrected chi connectivity index (χ3v) is 1.57. The Labute approximate surface area is 72.4 Å². The minimum atomic E-state index is 0.629. The van der Waals surface area contributed by atoms with Crippen LogP contribution in [0.4, 0.5) is 5.82 Å². The van der Waals surface area contributed by atoms with Crippen molar-refractivity contribution in [3.8, 4) is 0 Å². The molecule has 1 aromatic heterocycles. The molecule has 0 aliphatic rings. The van der Waals surface area contributed by atoms with E-state index in [-0.39, 0.29) is 0 Å². The molecule has 0 aliphatic carbocycles. The number of hydrogen-bond acceptors (Lipinski definition) is 4. The van der Waals surface area contributed by atoms with Gasteiger partial charge in [0.25, 0.3) is 0 Å². The van der Waals surface area contributed by atoms with Crippen molar-refractivity contribution in [1.29, 1.82) is 0 Å². The highest BCUT2D eigenvalue weighted by Crippen LogP contribution is 2.06. The van der Waals surface area contributed by atoms with Crippen molar-refractivity contribution in [1.82, 2.24) is 9.97 Å². The number of hydrogen-bond donors (Lipinski definition) is 1. The van der Waals surface area contributed by atoms with Crippen LogP contribution in [0.25, 0.3) is 0 Å². The summed E-state index contributed by atoms with van der Waals surface area (Å²) in [6.45, 7) is 0.629. The van der Waals surface area contributed by atoms with Gasteiger partial charge in [-0.3, -0.25) is 0 Å². The van der Waals surface area contributed by atoms with Crippen LogP contribution in [0.1, 0.15) is 5.69 Å². The predicted molar refractivity (Wildman–Crippen MR) is 49.1 cm³/mol. The van der Waals surface area contributed by atoms with Crippen molar-refractivity contribution in [2.75, 3.05) is 25.5 Å². The van der Waals surface area contributed by atoms with E-state index in [0.29, 0.717) is 6.54 Å². The van der Waals surface area contributed by atoms with E-state index >= 15 is 0 Å². The maximum absolute atomic E-state index is 5.41. The largest absolute Gasteiger partial charge is 0.363 e. The molecule has 0 saturated carbocycles. The Kier molecular flexibility index (Phi) is 2.99. The smallest absolute Gasteiger partial charge is 0.131 e. The van der Waals surface area contributed by atoms with Crippen LogP contribution in [-0.4, -0.2) is 30.6 Å². The Morgan fingerprint density at radius 2 is 2.17 bits per heavy atom. The molecule has 0 fully saturated rings. The number of rotatable bonds is 3. The van der Waals surface area contributed by atoms with Crippen LogP contribution in [0.2, 0.25) is 0 Å². The van der Waals surface area contributed by atoms with Gasteiger partial charge >= 0.3 is 0 Å². The van der Waals surface area contributed by atoms with Crippen molar-refractivity contribution in [2.45, 2.75) is 6.42 Å². The van der Waals surface area contributed by atoms with Gasteiger partial charge in [0.15, 0.2) is 0 Å². The first-order valence-corrected chi connectivity index (χ1v) is 3.92. The van der Waals surface area contributed by atoms with Crippen LogP contribution in [0.3, 0.4) is 0 Å². The van der Waals surface area contributed by atoms with Crippen molar-refractivity contribution in [3.63, 3.8) is 0 Å². The van der Waals surface area contributed by atoms with Gasteiger partial charge < -0.3 is 10.6 Å². The van der Waals surface area contributed by atoms with E-state index < -0.39 is 0 Å². The molecule has 0 bridgehead atoms. The molecule has 0 aliphatic heterocycles. The molecule has 1 aromatic rings. The Bertz CT molecular complexity index is 247. The number of aromatic nitrogens is 2. The van der Waals surface area contributed by atoms with Gasteiger partial charge in [-0.2, -0.15) is 0 Å². The molecular formula is C8H14N4. The molecule has 0 aromatic carbocycles. The lowest BCUT2D eigenvalue weighted by molar-refractivity contribution is 0.900. The summed E-state index contributed by atoms with van der Waals surface area (Å²) in [5.74, 6) is 0.924. The molecule has 0 radical (unpaired) electrons. The molecule has 1 rings (SSSR count). The fraction of sp³-hybridized carbons (Fsp3) is 0.500. The topological polar surface area (TPSA) is 55.0 Å². The van der Waals surface area contributed by atoms with E-state index in [4.69, 9.17) is 5.73 Å². The van der Waals surface area contributed by atoms with Crippen LogP contribution >= 0.6 is 0 Å². The molecule has 2 N–H and O–H groups in total. The zero-order valence-electron chi connectivity index (χ0n) is 7.49. The SMILES string of the molecule is CN(C)c1cc(CCN)ncn1. The summed E-state index contributed by atoms with van der Waals surface area (Å²) in [5.41, 5.74) is 6.41. The summed E-state index contributed by atoms with van der Waals surface area (Å²) in [7, 11) is 3.91. The summed E-state index contributed by atoms with van der Waals surface area (Å²) in [4.78, 5) is 10.1. The second kappa shape index (κ2) is 4.01. The Morgan fingerprint density at radius 1 is 1.42 bits per heavy atom. The van der Waals surface area contributed by atoms with Crippen molar-refractivity contribution < 1.29 is 0 Å². The van der Waals surface area contributed by atoms with Crippen LogP contribution in [0, 0.1) is 0 Å². The molecule has 0 unspecified atom stereocenters. The fourth-order valence-electron chi connectivity index (χ4n) is 0.915. The molecule has 12 heavy (non-hydrogen) atoms. The van der Waals surface area contributed by atoms with E-state index in [0.717, 1.165) is 17.9 Å². The van der Waals surface area contributed by atoms with Gasteiger partial charge in [0.1, 0.15) is 12.1 Å². The van der Waals surface area contributed by atoms with Crippen LogP contribution in [-0.2, 0) is 6.42 Å². The lowest BCUT2D eigenvalue weighted by Crippen LogP contribution is -2.12. The number of nitrogens with two attached hydrogens (primary N) is 1. The molecule has 0 spiro atoms. The van der Waals surface area contributed by atoms with E-state index in [1.165, 1.54) is 0 Å². The minimum Gasteiger partial charge on any atom is -0.363 e. The molecule has 0 atom stereocenters. The molecule has 1 heterocycles. The fourth-order valence-corrected chi connectivity index (χ4v) is 0.915. The summed E-state index contributed by atoms with van der Waals surface area (Å²) in [6, 6.07) is 1.95. The molecule has 0 amide bonds. The first kappa shape index (κ1) is 8.93. The number of nitrogens with zero attached hydrogens (tertiary/aromatic N) is 3. The molecule has 66 valence electrons. The standard InChI is InChI=1S/C8H14N4/c1-12(2)8-5-7(3-4-9)10-6-11-8/h5-6H,3-4,9H2,1-2H3. The minimum absolute atomic E-state index is 0.629. The summed E-state index contributed by atoms with van der Waals surface area (Å²) in [6.07, 6.45) is 2.38. The highest BCUT2D eigenvalue weighted by molar-refractivity contribution is 5.36. The molecule has 4 heteroatoms. The lowest BCUT2D eigenvalue weighted by Gasteiger charge is -2.10. The first-order valence-electron chi connectivity index (χ1n) is 3.92. The van der Waals surface area contributed by atoms with Gasteiger partial charge in [0, 0.05) is 32.3 Å². The van der Waals surface area contributed by atoms with Gasteiger partial charge in [-0.1, -0.05) is 0 Å². The predicted octanol–water partition coefficient (Wildman–Crippen LogP) is 0.0438. The van der Waals surface area contributed by atoms with Crippen LogP contribution < -0.4 is 10.6 Å². The van der Waals surface area contributed by atoms with E-state index in [9.17, 15) is 0 Å². The van der Waals surface area contributed by atoms with Gasteiger partial charge in [-0.25, -0.2) is 9.97 Å². The second-order valence-corrected chi connectivity index (χ2v) is 2.80. The Hall–Kier alpha value is -1.16. The molecule has 4 nitrogen and oxygen atoms in total. The monoisotopic (exact) mass is 166 g/mol. The zero-order valence-corrected chi connectivity index (χ0v) is 7.49. The highest BCUT2D eigenvalue weighted by Gasteiger charge is 1.98. The van der Waals surface area contributed by atoms with Crippen LogP contribution in [0.15, 0.2) is 12.4 Å². The van der Waals surface area contributed by atoms with Crippen molar-refractivity contribution in [3.05, 3.63) is 18.1 Å². The maximum atomic E-state index is 5.41. The molecule has 0 saturated heterocycles. The Morgan fingerprint density at radius 3 is 2.75 bits per heavy atom. The number of anilines is 1. The third-order valence-electron chi connectivity index (χ3n) is 1.57. The lowest BCUT2D eigenvalue weighted by atomic mass is 10.3. The quantitative estimate of drug-likeness (QED) is 0.689. The maximum Gasteiger partial charge on any atom is 0.131 e. The summed E-state index contributed by atoms with van der Waals surface area (Å²) >= 11 is 0. The van der Waals surface area contributed by atoms with E-state index in [1.54, 1.807) is 6.33 Å². The first-order chi connectivity index (χ1) is 5.74. The van der Waals surface area contributed by atoms with Crippen LogP contribution in [0.5, 0.6) is 0 Å². The van der Waals surface area contributed by atoms with Gasteiger partial charge in [-0.15, -0.1) is 0 Å². The second-order valence-electron chi connectivity index (χ2n) is 2.80. The average molecular weight is 166 g/mol. The van der Waals surface area contributed by atoms with Crippen molar-refractivity contribution >= 4 is 5.82 Å². The van der Waals surface area contributed by atoms with E-state index in [1.807, 2.05) is 25.1 Å².